The molecule has 0 radical (unpaired) electrons. The van der Waals surface area contributed by atoms with Crippen LogP contribution in [0.3, 0.4) is 0 Å². The van der Waals surface area contributed by atoms with Gasteiger partial charge in [0.15, 0.2) is 0 Å². The number of thiol groups is 1. The molecule has 1 atom stereocenters. The fourth-order valence-corrected chi connectivity index (χ4v) is 2.73. The van der Waals surface area contributed by atoms with E-state index in [4.69, 9.17) is 0 Å². The minimum atomic E-state index is -0.0736. The van der Waals surface area contributed by atoms with E-state index in [1.165, 1.54) is 0 Å². The second kappa shape index (κ2) is 9.24. The van der Waals surface area contributed by atoms with Crippen LogP contribution >= 0.6 is 34.2 Å². The Morgan fingerprint density at radius 2 is 2.23 bits per heavy atom. The van der Waals surface area contributed by atoms with Gasteiger partial charge >= 0.3 is 0 Å². The van der Waals surface area contributed by atoms with E-state index in [-0.39, 0.29) is 11.8 Å². The Morgan fingerprint density at radius 3 is 2.69 bits per heavy atom. The summed E-state index contributed by atoms with van der Waals surface area (Å²) in [6, 6.07) is -0.0736. The fourth-order valence-electron chi connectivity index (χ4n) is 0.754. The topological polar surface area (TPSA) is 29.1 Å². The molecule has 0 aromatic carbocycles. The van der Waals surface area contributed by atoms with Crippen molar-refractivity contribution in [1.29, 1.82) is 0 Å². The van der Waals surface area contributed by atoms with Gasteiger partial charge in [-0.25, -0.2) is 0 Å². The molecular weight excluding hydrogens is 222 g/mol. The van der Waals surface area contributed by atoms with Crippen LogP contribution in [-0.4, -0.2) is 35.6 Å². The smallest absolute Gasteiger partial charge is 0.147 e. The average molecular weight is 239 g/mol. The molecule has 0 unspecified atom stereocenters. The van der Waals surface area contributed by atoms with Crippen molar-refractivity contribution in [2.45, 2.75) is 19.9 Å². The standard InChI is InChI=1S/C8H17NOS3/c1-3-12-13-5-4-9-8(6-11)7(2)10/h8-9,11H,3-6H2,1-2H3/t8-/m0/s1. The molecule has 0 spiro atoms. The van der Waals surface area contributed by atoms with Crippen molar-refractivity contribution in [2.24, 2.45) is 0 Å². The summed E-state index contributed by atoms with van der Waals surface area (Å²) >= 11 is 4.10. The van der Waals surface area contributed by atoms with E-state index in [0.29, 0.717) is 5.75 Å². The number of carbonyl (C=O) groups is 1. The highest BCUT2D eigenvalue weighted by Gasteiger charge is 2.09. The molecule has 0 aliphatic rings. The lowest BCUT2D eigenvalue weighted by Crippen LogP contribution is -2.38. The van der Waals surface area contributed by atoms with E-state index in [1.54, 1.807) is 6.92 Å². The Kier molecular flexibility index (Phi) is 9.73. The molecule has 0 rings (SSSR count). The Balaban J connectivity index is 3.33. The number of rotatable bonds is 8. The van der Waals surface area contributed by atoms with Gasteiger partial charge in [-0.3, -0.25) is 4.79 Å². The van der Waals surface area contributed by atoms with Gasteiger partial charge in [0.25, 0.3) is 0 Å². The zero-order valence-corrected chi connectivity index (χ0v) is 10.6. The van der Waals surface area contributed by atoms with Gasteiger partial charge in [-0.15, -0.1) is 0 Å². The molecule has 0 aromatic heterocycles. The van der Waals surface area contributed by atoms with Gasteiger partial charge in [0.1, 0.15) is 5.78 Å². The minimum absolute atomic E-state index is 0.0736. The Hall–Kier alpha value is 0.680. The van der Waals surface area contributed by atoms with Crippen LogP contribution in [0.25, 0.3) is 0 Å². The van der Waals surface area contributed by atoms with Crippen molar-refractivity contribution in [3.8, 4) is 0 Å². The van der Waals surface area contributed by atoms with E-state index in [2.05, 4.69) is 24.9 Å². The normalized spacial score (nSPS) is 12.8. The van der Waals surface area contributed by atoms with Gasteiger partial charge in [-0.05, 0) is 6.92 Å². The van der Waals surface area contributed by atoms with Crippen LogP contribution in [0.2, 0.25) is 0 Å². The summed E-state index contributed by atoms with van der Waals surface area (Å²) < 4.78 is 0. The largest absolute Gasteiger partial charge is 0.306 e. The van der Waals surface area contributed by atoms with Crippen LogP contribution in [-0.2, 0) is 4.79 Å². The number of hydrogen-bond acceptors (Lipinski definition) is 5. The summed E-state index contributed by atoms with van der Waals surface area (Å²) in [7, 11) is 3.68. The van der Waals surface area contributed by atoms with Crippen LogP contribution in [0.4, 0.5) is 0 Å². The number of Topliss-reactive ketones (excluding diaryl/α,β-unsaturated/α-hetero) is 1. The molecule has 13 heavy (non-hydrogen) atoms. The molecule has 0 amide bonds. The summed E-state index contributed by atoms with van der Waals surface area (Å²) in [6.45, 7) is 4.61. The maximum absolute atomic E-state index is 11.0. The van der Waals surface area contributed by atoms with E-state index in [9.17, 15) is 4.79 Å². The van der Waals surface area contributed by atoms with Gasteiger partial charge in [0, 0.05) is 23.8 Å². The first kappa shape index (κ1) is 13.7. The van der Waals surface area contributed by atoms with Crippen molar-refractivity contribution >= 4 is 40.0 Å². The Labute approximate surface area is 93.8 Å². The first-order chi connectivity index (χ1) is 6.22. The zero-order chi connectivity index (χ0) is 10.1. The van der Waals surface area contributed by atoms with E-state index < -0.39 is 0 Å². The Bertz CT molecular complexity index is 143. The second-order valence-electron chi connectivity index (χ2n) is 2.53. The fraction of sp³-hybridized carbons (Fsp3) is 0.875. The SMILES string of the molecule is CCSSCCN[C@@H](CS)C(C)=O. The molecular formula is C8H17NOS3. The summed E-state index contributed by atoms with van der Waals surface area (Å²) in [5.41, 5.74) is 0. The number of ketones is 1. The predicted octanol–water partition coefficient (Wildman–Crippen LogP) is 1.86. The maximum Gasteiger partial charge on any atom is 0.147 e. The lowest BCUT2D eigenvalue weighted by atomic mass is 10.2. The second-order valence-corrected chi connectivity index (χ2v) is 5.76. The van der Waals surface area contributed by atoms with E-state index in [1.807, 2.05) is 21.6 Å². The van der Waals surface area contributed by atoms with E-state index >= 15 is 0 Å². The van der Waals surface area contributed by atoms with Crippen LogP contribution in [0, 0.1) is 0 Å². The molecule has 0 aliphatic carbocycles. The first-order valence-corrected chi connectivity index (χ1v) is 7.43. The van der Waals surface area contributed by atoms with Gasteiger partial charge in [-0.1, -0.05) is 28.5 Å². The Morgan fingerprint density at radius 1 is 1.54 bits per heavy atom. The van der Waals surface area contributed by atoms with Crippen molar-refractivity contribution in [1.82, 2.24) is 5.32 Å². The monoisotopic (exact) mass is 239 g/mol. The number of carbonyl (C=O) groups excluding carboxylic acids is 1. The molecule has 0 saturated carbocycles. The molecule has 0 heterocycles. The van der Waals surface area contributed by atoms with Crippen molar-refractivity contribution < 1.29 is 4.79 Å². The van der Waals surface area contributed by atoms with Gasteiger partial charge < -0.3 is 5.32 Å². The van der Waals surface area contributed by atoms with Gasteiger partial charge in [-0.2, -0.15) is 12.6 Å². The lowest BCUT2D eigenvalue weighted by Gasteiger charge is -2.12. The highest BCUT2D eigenvalue weighted by molar-refractivity contribution is 8.76. The summed E-state index contributed by atoms with van der Waals surface area (Å²) in [5.74, 6) is 2.92. The molecule has 0 fully saturated rings. The average Bonchev–Trinajstić information content (AvgIpc) is 2.10. The third kappa shape index (κ3) is 7.73. The highest BCUT2D eigenvalue weighted by atomic mass is 33.1. The van der Waals surface area contributed by atoms with Crippen molar-refractivity contribution in [3.05, 3.63) is 0 Å². The maximum atomic E-state index is 11.0. The quantitative estimate of drug-likeness (QED) is 0.384. The predicted molar refractivity (Wildman–Crippen MR) is 66.9 cm³/mol. The van der Waals surface area contributed by atoms with Crippen molar-refractivity contribution in [2.75, 3.05) is 23.8 Å². The zero-order valence-electron chi connectivity index (χ0n) is 8.08. The molecule has 1 N–H and O–H groups in total. The molecule has 0 bridgehead atoms. The third-order valence-electron chi connectivity index (χ3n) is 1.45. The van der Waals surface area contributed by atoms with Crippen LogP contribution < -0.4 is 5.32 Å². The van der Waals surface area contributed by atoms with Crippen LogP contribution in [0.15, 0.2) is 0 Å². The van der Waals surface area contributed by atoms with E-state index in [0.717, 1.165) is 18.1 Å². The molecule has 0 saturated heterocycles. The highest BCUT2D eigenvalue weighted by Crippen LogP contribution is 2.18. The van der Waals surface area contributed by atoms with Crippen LogP contribution in [0.5, 0.6) is 0 Å². The van der Waals surface area contributed by atoms with Crippen molar-refractivity contribution in [3.63, 3.8) is 0 Å². The minimum Gasteiger partial charge on any atom is -0.306 e. The number of nitrogens with one attached hydrogen (secondary N) is 1. The molecule has 5 heteroatoms. The molecule has 78 valence electrons. The van der Waals surface area contributed by atoms with Crippen LogP contribution in [0.1, 0.15) is 13.8 Å². The summed E-state index contributed by atoms with van der Waals surface area (Å²) in [6.07, 6.45) is 0. The molecule has 2 nitrogen and oxygen atoms in total. The van der Waals surface area contributed by atoms with Gasteiger partial charge in [0.05, 0.1) is 6.04 Å². The summed E-state index contributed by atoms with van der Waals surface area (Å²) in [5, 5.41) is 3.17. The third-order valence-corrected chi connectivity index (χ3v) is 4.30. The summed E-state index contributed by atoms with van der Waals surface area (Å²) in [4.78, 5) is 11.0. The lowest BCUT2D eigenvalue weighted by molar-refractivity contribution is -0.118. The number of hydrogen-bond donors (Lipinski definition) is 2. The molecule has 0 aromatic rings. The molecule has 0 aliphatic heterocycles. The first-order valence-electron chi connectivity index (χ1n) is 4.31. The van der Waals surface area contributed by atoms with Gasteiger partial charge in [0.2, 0.25) is 0 Å².